The molecule has 15 nitrogen and oxygen atoms in total. The normalized spacial score (nSPS) is 37.3. The number of aromatic amines is 1. The summed E-state index contributed by atoms with van der Waals surface area (Å²) in [6, 6.07) is 6.55. The Labute approximate surface area is 389 Å². The molecule has 3 aliphatic heterocycles. The number of aliphatic hydroxyl groups is 3. The number of piperidine rings is 1. The number of allylic oxidation sites excluding steroid dienone is 4. The van der Waals surface area contributed by atoms with Crippen molar-refractivity contribution in [1.29, 1.82) is 0 Å². The number of carbonyl (C=O) groups excluding carboxylic acids is 4. The number of methoxy groups -OCH3 is 3. The van der Waals surface area contributed by atoms with Gasteiger partial charge in [0.1, 0.15) is 24.1 Å². The number of amides is 1. The molecule has 4 N–H and O–H groups in total. The number of cyclic esters (lactones) is 1. The Kier molecular flexibility index (Phi) is 17.7. The molecule has 14 atom stereocenters. The Bertz CT molecular complexity index is 2070. The number of hydrogen-bond donors (Lipinski definition) is 4. The van der Waals surface area contributed by atoms with Crippen molar-refractivity contribution in [3.8, 4) is 0 Å². The number of esters is 1. The van der Waals surface area contributed by atoms with Crippen LogP contribution in [0.5, 0.6) is 0 Å². The van der Waals surface area contributed by atoms with E-state index in [2.05, 4.69) is 16.9 Å². The summed E-state index contributed by atoms with van der Waals surface area (Å²) in [5.74, 6) is -6.92. The third kappa shape index (κ3) is 11.9. The molecule has 14 unspecified atom stereocenters. The molecule has 1 aromatic carbocycles. The number of rotatable bonds is 8. The number of H-pyrrole nitrogens is 1. The molecule has 4 heterocycles. The van der Waals surface area contributed by atoms with Crippen LogP contribution < -0.4 is 0 Å². The number of aliphatic hydroxyl groups excluding tert-OH is 2. The summed E-state index contributed by atoms with van der Waals surface area (Å²) in [6.45, 7) is 9.35. The van der Waals surface area contributed by atoms with Gasteiger partial charge in [0, 0.05) is 46.1 Å². The monoisotopic (exact) mass is 920 g/mol. The van der Waals surface area contributed by atoms with Crippen LogP contribution in [0.15, 0.2) is 53.6 Å². The Morgan fingerprint density at radius 1 is 0.909 bits per heavy atom. The van der Waals surface area contributed by atoms with E-state index in [1.165, 1.54) is 19.1 Å². The van der Waals surface area contributed by atoms with Gasteiger partial charge in [-0.2, -0.15) is 0 Å². The van der Waals surface area contributed by atoms with Gasteiger partial charge in [-0.3, -0.25) is 14.4 Å². The zero-order valence-electron chi connectivity index (χ0n) is 40.0. The van der Waals surface area contributed by atoms with Crippen LogP contribution in [-0.4, -0.2) is 136 Å². The molecule has 0 radical (unpaired) electrons. The van der Waals surface area contributed by atoms with Gasteiger partial charge >= 0.3 is 5.97 Å². The second kappa shape index (κ2) is 22.8. The second-order valence-corrected chi connectivity index (χ2v) is 19.5. The third-order valence-corrected chi connectivity index (χ3v) is 14.5. The molecule has 66 heavy (non-hydrogen) atoms. The Morgan fingerprint density at radius 2 is 1.62 bits per heavy atom. The summed E-state index contributed by atoms with van der Waals surface area (Å²) >= 11 is 0. The summed E-state index contributed by atoms with van der Waals surface area (Å²) in [6.07, 6.45) is 6.56. The molecular weight excluding hydrogens is 847 g/mol. The van der Waals surface area contributed by atoms with Crippen molar-refractivity contribution in [3.05, 3.63) is 59.5 Å². The number of imidazole rings is 1. The van der Waals surface area contributed by atoms with E-state index >= 15 is 0 Å². The van der Waals surface area contributed by atoms with E-state index in [-0.39, 0.29) is 61.9 Å². The maximum Gasteiger partial charge on any atom is 0.329 e. The van der Waals surface area contributed by atoms with Crippen LogP contribution in [-0.2, 0) is 42.9 Å². The zero-order chi connectivity index (χ0) is 47.9. The molecule has 0 spiro atoms. The van der Waals surface area contributed by atoms with E-state index in [1.54, 1.807) is 21.0 Å². The summed E-state index contributed by atoms with van der Waals surface area (Å²) in [5, 5.41) is 34.7. The average molecular weight is 920 g/mol. The predicted octanol–water partition coefficient (Wildman–Crippen LogP) is 6.04. The minimum atomic E-state index is -2.53. The lowest BCUT2D eigenvalue weighted by Crippen LogP contribution is -2.64. The van der Waals surface area contributed by atoms with E-state index < -0.39 is 77.9 Å². The highest BCUT2D eigenvalue weighted by atomic mass is 16.7. The molecule has 4 aliphatic rings. The van der Waals surface area contributed by atoms with Crippen LogP contribution in [0.2, 0.25) is 0 Å². The number of nitrogens with one attached hydrogen (secondary N) is 1. The van der Waals surface area contributed by atoms with Gasteiger partial charge in [-0.15, -0.1) is 0 Å². The van der Waals surface area contributed by atoms with Crippen molar-refractivity contribution in [3.63, 3.8) is 0 Å². The lowest BCUT2D eigenvalue weighted by molar-refractivity contribution is -0.302. The highest BCUT2D eigenvalue weighted by Crippen LogP contribution is 2.39. The SMILES string of the molecule is COC1CC(C=C(C)C2OC(=O)C3CCCCN3C(=O)C(=O)C3(O)OC(C(OC)CC(C)CC(C)/C=C(\C/C=C/c4nc5ccccc5[nH]4)C(=O)CC(O)C2C)C(OC)CC3C)CCC1O. The topological polar surface area (TPSA) is 207 Å². The molecule has 364 valence electrons. The second-order valence-electron chi connectivity index (χ2n) is 19.5. The number of nitrogens with zero attached hydrogens (tertiary/aromatic N) is 2. The molecule has 6 rings (SSSR count). The van der Waals surface area contributed by atoms with Crippen molar-refractivity contribution in [2.24, 2.45) is 29.6 Å². The van der Waals surface area contributed by atoms with Gasteiger partial charge in [0.15, 0.2) is 5.78 Å². The summed E-state index contributed by atoms with van der Waals surface area (Å²) < 4.78 is 30.1. The van der Waals surface area contributed by atoms with Crippen molar-refractivity contribution in [2.45, 2.75) is 160 Å². The fourth-order valence-electron chi connectivity index (χ4n) is 10.6. The van der Waals surface area contributed by atoms with Crippen molar-refractivity contribution in [1.82, 2.24) is 14.9 Å². The number of benzene rings is 1. The van der Waals surface area contributed by atoms with E-state index in [0.29, 0.717) is 61.9 Å². The Balaban J connectivity index is 1.38. The first-order valence-electron chi connectivity index (χ1n) is 23.9. The number of Topliss-reactive ketones (excluding diaryl/α,β-unsaturated/α-hetero) is 2. The Morgan fingerprint density at radius 3 is 2.33 bits per heavy atom. The highest BCUT2D eigenvalue weighted by Gasteiger charge is 2.56. The van der Waals surface area contributed by atoms with Crippen LogP contribution in [0.4, 0.5) is 0 Å². The quantitative estimate of drug-likeness (QED) is 0.136. The molecule has 1 aliphatic carbocycles. The number of ketones is 2. The van der Waals surface area contributed by atoms with Gasteiger partial charge in [-0.1, -0.05) is 58.1 Å². The fraction of sp³-hybridized carbons (Fsp3) is 0.667. The molecule has 2 saturated heterocycles. The average Bonchev–Trinajstić information content (AvgIpc) is 3.72. The van der Waals surface area contributed by atoms with Gasteiger partial charge in [-0.25, -0.2) is 9.78 Å². The Hall–Kier alpha value is -4.09. The standard InChI is InChI=1S/C51H73N3O12/c1-29-22-30(2)24-43(63-7)47-44(64-8)26-32(4)51(61,66-47)48(58)49(59)54-21-12-11-17-38(54)50(60)65-46(31(3)25-34-19-20-39(55)42(27-34)62-6)33(5)40(56)28-41(57)35(23-29)14-13-18-45-52-36-15-9-10-16-37(36)53-45/h9-10,13,15-16,18,23,25,29-30,32-34,38-40,42-44,46-47,55-56,61H,11-12,14,17,19-22,24,26-28H2,1-8H3,(H,52,53)/b18-13+,31-25?,35-23+. The van der Waals surface area contributed by atoms with Crippen LogP contribution in [0.25, 0.3) is 17.1 Å². The predicted molar refractivity (Wildman–Crippen MR) is 248 cm³/mol. The highest BCUT2D eigenvalue weighted by molar-refractivity contribution is 6.39. The number of carbonyl (C=O) groups is 4. The van der Waals surface area contributed by atoms with E-state index in [1.807, 2.05) is 62.4 Å². The minimum Gasteiger partial charge on any atom is -0.456 e. The smallest absolute Gasteiger partial charge is 0.329 e. The number of para-hydroxylation sites is 2. The summed E-state index contributed by atoms with van der Waals surface area (Å²) in [4.78, 5) is 66.8. The van der Waals surface area contributed by atoms with Crippen LogP contribution >= 0.6 is 0 Å². The van der Waals surface area contributed by atoms with E-state index in [4.69, 9.17) is 23.7 Å². The number of hydrogen-bond acceptors (Lipinski definition) is 13. The fourth-order valence-corrected chi connectivity index (χ4v) is 10.6. The van der Waals surface area contributed by atoms with Crippen molar-refractivity contribution in [2.75, 3.05) is 27.9 Å². The number of aromatic nitrogens is 2. The largest absolute Gasteiger partial charge is 0.456 e. The molecule has 1 amide bonds. The molecular formula is C51H73N3O12. The lowest BCUT2D eigenvalue weighted by Gasteiger charge is -2.47. The van der Waals surface area contributed by atoms with E-state index in [0.717, 1.165) is 11.0 Å². The van der Waals surface area contributed by atoms with Gasteiger partial charge in [-0.05, 0) is 118 Å². The molecule has 2 bridgehead atoms. The summed E-state index contributed by atoms with van der Waals surface area (Å²) in [7, 11) is 4.62. The lowest BCUT2D eigenvalue weighted by atomic mass is 9.81. The van der Waals surface area contributed by atoms with Crippen LogP contribution in [0, 0.1) is 29.6 Å². The summed E-state index contributed by atoms with van der Waals surface area (Å²) in [5.41, 5.74) is 2.86. The molecule has 1 aromatic heterocycles. The first-order valence-corrected chi connectivity index (χ1v) is 23.9. The maximum absolute atomic E-state index is 14.5. The first-order chi connectivity index (χ1) is 31.5. The van der Waals surface area contributed by atoms with Crippen molar-refractivity contribution < 1.29 is 58.2 Å². The third-order valence-electron chi connectivity index (χ3n) is 14.5. The van der Waals surface area contributed by atoms with Gasteiger partial charge in [0.05, 0.1) is 41.6 Å². The van der Waals surface area contributed by atoms with Crippen LogP contribution in [0.3, 0.4) is 0 Å². The molecule has 3 fully saturated rings. The first kappa shape index (κ1) is 51.3. The minimum absolute atomic E-state index is 0.00590. The zero-order valence-corrected chi connectivity index (χ0v) is 40.0. The van der Waals surface area contributed by atoms with E-state index in [9.17, 15) is 34.5 Å². The van der Waals surface area contributed by atoms with Crippen LogP contribution in [0.1, 0.15) is 111 Å². The number of fused-ring (bicyclic) bond motifs is 4. The van der Waals surface area contributed by atoms with Crippen molar-refractivity contribution >= 4 is 40.6 Å². The molecule has 15 heteroatoms. The maximum atomic E-state index is 14.5. The van der Waals surface area contributed by atoms with Gasteiger partial charge in [0.25, 0.3) is 11.7 Å². The molecule has 2 aromatic rings. The van der Waals surface area contributed by atoms with Gasteiger partial charge in [0.2, 0.25) is 5.79 Å². The number of ether oxygens (including phenoxy) is 5. The molecule has 1 saturated carbocycles. The van der Waals surface area contributed by atoms with Gasteiger partial charge < -0.3 is 48.9 Å².